The summed E-state index contributed by atoms with van der Waals surface area (Å²) in [5.74, 6) is 0.565. The molecule has 2 aliphatic heterocycles. The average molecular weight is 441 g/mol. The number of nitrogens with zero attached hydrogens (tertiary/aromatic N) is 2. The number of halogens is 2. The zero-order valence-corrected chi connectivity index (χ0v) is 17.4. The highest BCUT2D eigenvalue weighted by atomic mass is 35.5. The van der Waals surface area contributed by atoms with Gasteiger partial charge in [0.05, 0.1) is 31.2 Å². The fraction of sp³-hybridized carbons (Fsp3) is 0.316. The number of thioether (sulfide) groups is 1. The summed E-state index contributed by atoms with van der Waals surface area (Å²) in [6.07, 6.45) is 0. The molecule has 28 heavy (non-hydrogen) atoms. The molecule has 0 amide bonds. The molecule has 2 atom stereocenters. The van der Waals surface area contributed by atoms with Crippen molar-refractivity contribution in [3.63, 3.8) is 0 Å². The van der Waals surface area contributed by atoms with Crippen LogP contribution in [0.25, 0.3) is 0 Å². The van der Waals surface area contributed by atoms with E-state index in [-0.39, 0.29) is 22.8 Å². The van der Waals surface area contributed by atoms with E-state index in [4.69, 9.17) is 16.3 Å². The van der Waals surface area contributed by atoms with Crippen LogP contribution < -0.4 is 9.64 Å². The molecular formula is C19H18ClFN2O3S2. The molecule has 1 fully saturated rings. The fourth-order valence-corrected chi connectivity index (χ4v) is 7.33. The zero-order chi connectivity index (χ0) is 19.9. The summed E-state index contributed by atoms with van der Waals surface area (Å²) in [5, 5.41) is 1.02. The first kappa shape index (κ1) is 19.5. The molecule has 0 saturated carbocycles. The van der Waals surface area contributed by atoms with Gasteiger partial charge in [0.2, 0.25) is 0 Å². The van der Waals surface area contributed by atoms with Crippen LogP contribution in [0.2, 0.25) is 5.02 Å². The van der Waals surface area contributed by atoms with Crippen LogP contribution in [-0.4, -0.2) is 43.5 Å². The van der Waals surface area contributed by atoms with E-state index in [1.165, 1.54) is 23.9 Å². The molecule has 0 spiro atoms. The predicted molar refractivity (Wildman–Crippen MR) is 112 cm³/mol. The van der Waals surface area contributed by atoms with E-state index in [0.29, 0.717) is 11.6 Å². The third-order valence-corrected chi connectivity index (χ3v) is 8.36. The van der Waals surface area contributed by atoms with Gasteiger partial charge in [-0.15, -0.1) is 0 Å². The molecule has 5 nitrogen and oxygen atoms in total. The second kappa shape index (κ2) is 7.57. The van der Waals surface area contributed by atoms with Gasteiger partial charge in [0.1, 0.15) is 11.6 Å². The van der Waals surface area contributed by atoms with Gasteiger partial charge in [-0.3, -0.25) is 4.99 Å². The molecule has 1 saturated heterocycles. The van der Waals surface area contributed by atoms with Crippen molar-refractivity contribution < 1.29 is 17.5 Å². The fourth-order valence-electron chi connectivity index (χ4n) is 3.32. The average Bonchev–Trinajstić information content (AvgIpc) is 3.14. The van der Waals surface area contributed by atoms with Gasteiger partial charge < -0.3 is 9.64 Å². The molecule has 148 valence electrons. The molecule has 2 aromatic rings. The van der Waals surface area contributed by atoms with Crippen LogP contribution in [-0.2, 0) is 16.4 Å². The molecule has 0 N–H and O–H groups in total. The first-order valence-electron chi connectivity index (χ1n) is 8.65. The topological polar surface area (TPSA) is 59.0 Å². The van der Waals surface area contributed by atoms with Crippen molar-refractivity contribution in [2.24, 2.45) is 4.99 Å². The SMILES string of the molecule is COc1ccc(N(Cc2ccc(F)cc2Cl)C2=N[C@H]3CS(=O)(=O)C[C@H]3S2)cc1. The summed E-state index contributed by atoms with van der Waals surface area (Å²) in [6.45, 7) is 0.392. The Bertz CT molecular complexity index is 1030. The quantitative estimate of drug-likeness (QED) is 0.724. The standard InChI is InChI=1S/C19H18ClFN2O3S2/c1-26-15-6-4-14(5-7-15)23(9-12-2-3-13(21)8-16(12)20)19-22-17-10-28(24,25)11-18(17)27-19/h2-8,17-18H,9-11H2,1H3/t17-,18+/m0/s1. The maximum absolute atomic E-state index is 13.4. The number of hydrogen-bond acceptors (Lipinski definition) is 6. The summed E-state index contributed by atoms with van der Waals surface area (Å²) in [5.41, 5.74) is 1.63. The van der Waals surface area contributed by atoms with Crippen LogP contribution in [0.3, 0.4) is 0 Å². The lowest BCUT2D eigenvalue weighted by molar-refractivity contribution is 0.415. The van der Waals surface area contributed by atoms with E-state index in [1.54, 1.807) is 13.2 Å². The van der Waals surface area contributed by atoms with Gasteiger partial charge in [0.15, 0.2) is 15.0 Å². The molecule has 0 aromatic heterocycles. The molecule has 0 bridgehead atoms. The molecule has 2 aliphatic rings. The number of rotatable bonds is 4. The van der Waals surface area contributed by atoms with Crippen molar-refractivity contribution in [2.75, 3.05) is 23.5 Å². The minimum atomic E-state index is -3.02. The number of benzene rings is 2. The Morgan fingerprint density at radius 2 is 2.00 bits per heavy atom. The number of fused-ring (bicyclic) bond motifs is 1. The largest absolute Gasteiger partial charge is 0.497 e. The first-order valence-corrected chi connectivity index (χ1v) is 11.7. The normalized spacial score (nSPS) is 22.6. The summed E-state index contributed by atoms with van der Waals surface area (Å²) in [6, 6.07) is 11.6. The Hall–Kier alpha value is -1.77. The summed E-state index contributed by atoms with van der Waals surface area (Å²) in [7, 11) is -1.42. The van der Waals surface area contributed by atoms with Crippen LogP contribution in [0, 0.1) is 5.82 Å². The zero-order valence-electron chi connectivity index (χ0n) is 15.0. The van der Waals surface area contributed by atoms with Gasteiger partial charge >= 0.3 is 0 Å². The van der Waals surface area contributed by atoms with E-state index in [1.807, 2.05) is 29.2 Å². The molecule has 4 rings (SSSR count). The second-order valence-electron chi connectivity index (χ2n) is 6.73. The Morgan fingerprint density at radius 1 is 1.25 bits per heavy atom. The predicted octanol–water partition coefficient (Wildman–Crippen LogP) is 3.76. The van der Waals surface area contributed by atoms with Crippen LogP contribution in [0.15, 0.2) is 47.5 Å². The smallest absolute Gasteiger partial charge is 0.164 e. The molecule has 9 heteroatoms. The van der Waals surface area contributed by atoms with E-state index in [2.05, 4.69) is 4.99 Å². The lowest BCUT2D eigenvalue weighted by Crippen LogP contribution is -2.28. The minimum Gasteiger partial charge on any atom is -0.497 e. The van der Waals surface area contributed by atoms with Crippen molar-refractivity contribution in [1.82, 2.24) is 0 Å². The molecule has 0 unspecified atom stereocenters. The second-order valence-corrected chi connectivity index (χ2v) is 10.5. The van der Waals surface area contributed by atoms with Gasteiger partial charge in [0.25, 0.3) is 0 Å². The number of ether oxygens (including phenoxy) is 1. The lowest BCUT2D eigenvalue weighted by Gasteiger charge is -2.25. The third kappa shape index (κ3) is 3.99. The van der Waals surface area contributed by atoms with Crippen LogP contribution in [0.4, 0.5) is 10.1 Å². The minimum absolute atomic E-state index is 0.0653. The Kier molecular flexibility index (Phi) is 5.28. The van der Waals surface area contributed by atoms with E-state index >= 15 is 0 Å². The number of aliphatic imine (C=N–C) groups is 1. The highest BCUT2D eigenvalue weighted by molar-refractivity contribution is 8.15. The van der Waals surface area contributed by atoms with Crippen molar-refractivity contribution in [2.45, 2.75) is 17.8 Å². The van der Waals surface area contributed by atoms with Crippen molar-refractivity contribution in [3.05, 3.63) is 58.9 Å². The van der Waals surface area contributed by atoms with E-state index in [9.17, 15) is 12.8 Å². The Labute approximate surface area is 172 Å². The lowest BCUT2D eigenvalue weighted by atomic mass is 10.2. The van der Waals surface area contributed by atoms with Crippen LogP contribution in [0.5, 0.6) is 5.75 Å². The Balaban J connectivity index is 1.67. The van der Waals surface area contributed by atoms with Crippen LogP contribution in [0.1, 0.15) is 5.56 Å². The van der Waals surface area contributed by atoms with Gasteiger partial charge in [-0.1, -0.05) is 29.4 Å². The third-order valence-electron chi connectivity index (χ3n) is 4.76. The first-order chi connectivity index (χ1) is 13.3. The van der Waals surface area contributed by atoms with Crippen molar-refractivity contribution >= 4 is 44.1 Å². The summed E-state index contributed by atoms with van der Waals surface area (Å²) < 4.78 is 42.4. The van der Waals surface area contributed by atoms with E-state index in [0.717, 1.165) is 22.2 Å². The maximum atomic E-state index is 13.4. The van der Waals surface area contributed by atoms with Crippen molar-refractivity contribution in [3.8, 4) is 5.75 Å². The Morgan fingerprint density at radius 3 is 2.64 bits per heavy atom. The van der Waals surface area contributed by atoms with Gasteiger partial charge in [-0.2, -0.15) is 0 Å². The van der Waals surface area contributed by atoms with Gasteiger partial charge in [0, 0.05) is 16.0 Å². The molecule has 0 aliphatic carbocycles. The molecule has 0 radical (unpaired) electrons. The number of sulfone groups is 1. The monoisotopic (exact) mass is 440 g/mol. The highest BCUT2D eigenvalue weighted by Crippen LogP contribution is 2.38. The molecule has 2 aromatic carbocycles. The molecular weight excluding hydrogens is 423 g/mol. The van der Waals surface area contributed by atoms with Crippen molar-refractivity contribution in [1.29, 1.82) is 0 Å². The number of hydrogen-bond donors (Lipinski definition) is 0. The van der Waals surface area contributed by atoms with Gasteiger partial charge in [-0.25, -0.2) is 12.8 Å². The van der Waals surface area contributed by atoms with E-state index < -0.39 is 15.7 Å². The number of methoxy groups -OCH3 is 1. The summed E-state index contributed by atoms with van der Waals surface area (Å²) in [4.78, 5) is 6.67. The maximum Gasteiger partial charge on any atom is 0.164 e. The summed E-state index contributed by atoms with van der Waals surface area (Å²) >= 11 is 7.71. The highest BCUT2D eigenvalue weighted by Gasteiger charge is 2.44. The molecule has 2 heterocycles. The number of anilines is 1. The van der Waals surface area contributed by atoms with Gasteiger partial charge in [-0.05, 0) is 42.0 Å². The van der Waals surface area contributed by atoms with Crippen LogP contribution >= 0.6 is 23.4 Å². The number of amidine groups is 1.